The predicted molar refractivity (Wildman–Crippen MR) is 86.9 cm³/mol. The molecule has 1 aliphatic rings. The van der Waals surface area contributed by atoms with Crippen molar-refractivity contribution in [2.24, 2.45) is 0 Å². The molecule has 1 aliphatic heterocycles. The molecule has 0 radical (unpaired) electrons. The monoisotopic (exact) mass is 314 g/mol. The summed E-state index contributed by atoms with van der Waals surface area (Å²) in [6.07, 6.45) is 2.04. The fourth-order valence-corrected chi connectivity index (χ4v) is 2.90. The molecule has 2 aromatic rings. The Morgan fingerprint density at radius 3 is 2.74 bits per heavy atom. The molecule has 2 N–H and O–H groups in total. The fraction of sp³-hybridized carbons (Fsp3) is 0.471. The molecule has 0 unspecified atom stereocenters. The fourth-order valence-electron chi connectivity index (χ4n) is 2.90. The Bertz CT molecular complexity index is 721. The topological polar surface area (TPSA) is 80.0 Å². The lowest BCUT2D eigenvalue weighted by Crippen LogP contribution is -2.40. The standard InChI is InChI=1S/C17H22N4O2/c1-11(22)20-17(2,3)16-19-15(23-21-16)14-5-4-12-6-8-18-9-7-13(12)10-14/h4-5,10,18H,6-9H2,1-3H3,(H,20,22). The van der Waals surface area contributed by atoms with Crippen molar-refractivity contribution in [2.75, 3.05) is 13.1 Å². The highest BCUT2D eigenvalue weighted by Gasteiger charge is 2.28. The highest BCUT2D eigenvalue weighted by atomic mass is 16.5. The van der Waals surface area contributed by atoms with Crippen molar-refractivity contribution in [1.29, 1.82) is 0 Å². The Kier molecular flexibility index (Phi) is 4.17. The summed E-state index contributed by atoms with van der Waals surface area (Å²) in [5.74, 6) is 0.830. The number of fused-ring (bicyclic) bond motifs is 1. The number of aromatic nitrogens is 2. The first kappa shape index (κ1) is 15.7. The third-order valence-corrected chi connectivity index (χ3v) is 4.07. The van der Waals surface area contributed by atoms with Crippen LogP contribution < -0.4 is 10.6 Å². The van der Waals surface area contributed by atoms with E-state index in [9.17, 15) is 4.79 Å². The van der Waals surface area contributed by atoms with Gasteiger partial charge in [0.2, 0.25) is 5.91 Å². The molecule has 0 saturated heterocycles. The van der Waals surface area contributed by atoms with E-state index >= 15 is 0 Å². The van der Waals surface area contributed by atoms with E-state index in [0.717, 1.165) is 31.5 Å². The minimum atomic E-state index is -0.664. The summed E-state index contributed by atoms with van der Waals surface area (Å²) in [6, 6.07) is 6.29. The highest BCUT2D eigenvalue weighted by molar-refractivity contribution is 5.73. The molecule has 3 rings (SSSR count). The summed E-state index contributed by atoms with van der Waals surface area (Å²) >= 11 is 0. The van der Waals surface area contributed by atoms with Gasteiger partial charge < -0.3 is 15.2 Å². The van der Waals surface area contributed by atoms with Gasteiger partial charge in [-0.1, -0.05) is 11.2 Å². The maximum atomic E-state index is 11.3. The van der Waals surface area contributed by atoms with Crippen molar-refractivity contribution < 1.29 is 9.32 Å². The zero-order valence-corrected chi connectivity index (χ0v) is 13.8. The molecule has 0 spiro atoms. The van der Waals surface area contributed by atoms with Crippen molar-refractivity contribution in [1.82, 2.24) is 20.8 Å². The van der Waals surface area contributed by atoms with E-state index in [1.807, 2.05) is 19.9 Å². The lowest BCUT2D eigenvalue weighted by Gasteiger charge is -2.20. The zero-order valence-electron chi connectivity index (χ0n) is 13.8. The molecule has 0 saturated carbocycles. The third kappa shape index (κ3) is 3.42. The number of hydrogen-bond acceptors (Lipinski definition) is 5. The number of hydrogen-bond donors (Lipinski definition) is 2. The Morgan fingerprint density at radius 2 is 2.00 bits per heavy atom. The minimum absolute atomic E-state index is 0.126. The molecule has 6 nitrogen and oxygen atoms in total. The van der Waals surface area contributed by atoms with Gasteiger partial charge in [-0.15, -0.1) is 0 Å². The van der Waals surface area contributed by atoms with E-state index in [2.05, 4.69) is 32.9 Å². The van der Waals surface area contributed by atoms with Crippen molar-refractivity contribution in [3.05, 3.63) is 35.2 Å². The zero-order chi connectivity index (χ0) is 16.4. The Balaban J connectivity index is 1.88. The quantitative estimate of drug-likeness (QED) is 0.903. The average molecular weight is 314 g/mol. The first-order valence-corrected chi connectivity index (χ1v) is 7.91. The molecule has 2 heterocycles. The van der Waals surface area contributed by atoms with Crippen molar-refractivity contribution >= 4 is 5.91 Å². The summed E-state index contributed by atoms with van der Waals surface area (Å²) in [5, 5.41) is 10.3. The van der Waals surface area contributed by atoms with E-state index < -0.39 is 5.54 Å². The van der Waals surface area contributed by atoms with Crippen LogP contribution in [0.1, 0.15) is 37.7 Å². The second-order valence-electron chi connectivity index (χ2n) is 6.46. The lowest BCUT2D eigenvalue weighted by atomic mass is 10.00. The Labute approximate surface area is 135 Å². The largest absolute Gasteiger partial charge is 0.344 e. The molecule has 0 bridgehead atoms. The summed E-state index contributed by atoms with van der Waals surface area (Å²) in [4.78, 5) is 15.8. The van der Waals surface area contributed by atoms with Gasteiger partial charge in [0.25, 0.3) is 5.89 Å². The lowest BCUT2D eigenvalue weighted by molar-refractivity contribution is -0.120. The average Bonchev–Trinajstić information content (AvgIpc) is 2.86. The molecule has 1 amide bonds. The first-order valence-electron chi connectivity index (χ1n) is 7.91. The first-order chi connectivity index (χ1) is 11.0. The smallest absolute Gasteiger partial charge is 0.258 e. The maximum Gasteiger partial charge on any atom is 0.258 e. The molecular formula is C17H22N4O2. The van der Waals surface area contributed by atoms with Crippen LogP contribution in [0, 0.1) is 0 Å². The van der Waals surface area contributed by atoms with Gasteiger partial charge >= 0.3 is 0 Å². The molecule has 122 valence electrons. The van der Waals surface area contributed by atoms with E-state index in [4.69, 9.17) is 4.52 Å². The highest BCUT2D eigenvalue weighted by Crippen LogP contribution is 2.25. The number of amides is 1. The Hall–Kier alpha value is -2.21. The predicted octanol–water partition coefficient (Wildman–Crippen LogP) is 1.80. The molecule has 1 aromatic heterocycles. The van der Waals surface area contributed by atoms with Crippen LogP contribution in [0.5, 0.6) is 0 Å². The number of carbonyl (C=O) groups is 1. The normalized spacial score (nSPS) is 14.9. The van der Waals surface area contributed by atoms with Crippen LogP contribution in [0.15, 0.2) is 22.7 Å². The molecule has 23 heavy (non-hydrogen) atoms. The summed E-state index contributed by atoms with van der Waals surface area (Å²) in [6.45, 7) is 7.18. The van der Waals surface area contributed by atoms with E-state index in [1.165, 1.54) is 18.1 Å². The number of benzene rings is 1. The minimum Gasteiger partial charge on any atom is -0.344 e. The van der Waals surface area contributed by atoms with Crippen LogP contribution in [0.25, 0.3) is 11.5 Å². The van der Waals surface area contributed by atoms with Crippen LogP contribution in [0.3, 0.4) is 0 Å². The van der Waals surface area contributed by atoms with Crippen LogP contribution >= 0.6 is 0 Å². The van der Waals surface area contributed by atoms with Crippen molar-refractivity contribution in [2.45, 2.75) is 39.2 Å². The maximum absolute atomic E-state index is 11.3. The SMILES string of the molecule is CC(=O)NC(C)(C)c1noc(-c2ccc3c(c2)CCNCC3)n1. The van der Waals surface area contributed by atoms with Crippen molar-refractivity contribution in [3.63, 3.8) is 0 Å². The second-order valence-corrected chi connectivity index (χ2v) is 6.46. The van der Waals surface area contributed by atoms with Gasteiger partial charge in [0, 0.05) is 12.5 Å². The number of carbonyl (C=O) groups excluding carboxylic acids is 1. The van der Waals surface area contributed by atoms with Crippen LogP contribution in [0.2, 0.25) is 0 Å². The van der Waals surface area contributed by atoms with Gasteiger partial charge in [0.05, 0.1) is 5.54 Å². The number of rotatable bonds is 3. The van der Waals surface area contributed by atoms with E-state index in [0.29, 0.717) is 11.7 Å². The van der Waals surface area contributed by atoms with Gasteiger partial charge in [-0.25, -0.2) is 0 Å². The van der Waals surface area contributed by atoms with Gasteiger partial charge in [-0.3, -0.25) is 4.79 Å². The van der Waals surface area contributed by atoms with E-state index in [-0.39, 0.29) is 5.91 Å². The molecule has 0 atom stereocenters. The van der Waals surface area contributed by atoms with Gasteiger partial charge in [-0.05, 0) is 63.0 Å². The van der Waals surface area contributed by atoms with Crippen LogP contribution in [-0.2, 0) is 23.2 Å². The number of nitrogens with zero attached hydrogens (tertiary/aromatic N) is 2. The summed E-state index contributed by atoms with van der Waals surface area (Å²) in [7, 11) is 0. The molecule has 0 fully saturated rings. The molecule has 0 aliphatic carbocycles. The second kappa shape index (κ2) is 6.12. The van der Waals surface area contributed by atoms with Gasteiger partial charge in [0.15, 0.2) is 5.82 Å². The summed E-state index contributed by atoms with van der Waals surface area (Å²) in [5.41, 5.74) is 2.96. The Morgan fingerprint density at radius 1 is 1.26 bits per heavy atom. The van der Waals surface area contributed by atoms with E-state index in [1.54, 1.807) is 0 Å². The molecule has 6 heteroatoms. The van der Waals surface area contributed by atoms with Gasteiger partial charge in [-0.2, -0.15) is 4.98 Å². The molecule has 1 aromatic carbocycles. The van der Waals surface area contributed by atoms with Crippen LogP contribution in [0.4, 0.5) is 0 Å². The van der Waals surface area contributed by atoms with Crippen LogP contribution in [-0.4, -0.2) is 29.1 Å². The number of nitrogens with one attached hydrogen (secondary N) is 2. The van der Waals surface area contributed by atoms with Gasteiger partial charge in [0.1, 0.15) is 0 Å². The molecular weight excluding hydrogens is 292 g/mol. The third-order valence-electron chi connectivity index (χ3n) is 4.07. The summed E-state index contributed by atoms with van der Waals surface area (Å²) < 4.78 is 5.41. The van der Waals surface area contributed by atoms with Crippen molar-refractivity contribution in [3.8, 4) is 11.5 Å².